The molecule has 0 amide bonds. The van der Waals surface area contributed by atoms with E-state index in [2.05, 4.69) is 40.4 Å². The van der Waals surface area contributed by atoms with E-state index < -0.39 is 0 Å². The predicted molar refractivity (Wildman–Crippen MR) is 164 cm³/mol. The number of nitrogens with one attached hydrogen (secondary N) is 1. The molecule has 0 atom stereocenters. The van der Waals surface area contributed by atoms with E-state index in [0.29, 0.717) is 17.3 Å². The Labute approximate surface area is 243 Å². The lowest BCUT2D eigenvalue weighted by Gasteiger charge is -2.25. The number of Topliss-reactive ketones (excluding diaryl/α,β-unsaturated/α-hetero) is 1. The number of benzene rings is 3. The van der Waals surface area contributed by atoms with Crippen molar-refractivity contribution >= 4 is 28.8 Å². The van der Waals surface area contributed by atoms with Gasteiger partial charge in [-0.1, -0.05) is 36.4 Å². The number of aryl methyl sites for hydroxylation is 1. The van der Waals surface area contributed by atoms with Crippen LogP contribution in [0, 0.1) is 6.92 Å². The van der Waals surface area contributed by atoms with Gasteiger partial charge < -0.3 is 15.0 Å². The van der Waals surface area contributed by atoms with Crippen LogP contribution in [0.3, 0.4) is 0 Å². The van der Waals surface area contributed by atoms with Crippen LogP contribution < -0.4 is 10.1 Å². The third kappa shape index (κ3) is 6.04. The Bertz CT molecular complexity index is 1730. The van der Waals surface area contributed by atoms with E-state index in [9.17, 15) is 4.79 Å². The number of hydrogen-bond acceptors (Lipinski definition) is 8. The van der Waals surface area contributed by atoms with E-state index in [1.54, 1.807) is 30.7 Å². The van der Waals surface area contributed by atoms with Crippen molar-refractivity contribution in [2.45, 2.75) is 26.3 Å². The Kier molecular flexibility index (Phi) is 7.59. The van der Waals surface area contributed by atoms with E-state index in [1.165, 1.54) is 11.1 Å². The minimum Gasteiger partial charge on any atom is -0.497 e. The number of carbonyl (C=O) groups excluding carboxylic acids is 1. The summed E-state index contributed by atoms with van der Waals surface area (Å²) in [7, 11) is 3.75. The maximum Gasteiger partial charge on any atom is 0.227 e. The van der Waals surface area contributed by atoms with Gasteiger partial charge in [-0.05, 0) is 73.5 Å². The Balaban J connectivity index is 1.25. The van der Waals surface area contributed by atoms with Crippen LogP contribution >= 0.6 is 11.3 Å². The minimum atomic E-state index is 0.0380. The van der Waals surface area contributed by atoms with Gasteiger partial charge >= 0.3 is 0 Å². The first kappa shape index (κ1) is 26.8. The number of aromatic nitrogens is 3. The number of methoxy groups -OCH3 is 1. The van der Waals surface area contributed by atoms with Gasteiger partial charge in [0, 0.05) is 42.5 Å². The van der Waals surface area contributed by atoms with Crippen molar-refractivity contribution in [3.8, 4) is 27.6 Å². The number of fused-ring (bicyclic) bond motifs is 1. The van der Waals surface area contributed by atoms with Crippen LogP contribution in [0.4, 0.5) is 11.6 Å². The van der Waals surface area contributed by atoms with Crippen molar-refractivity contribution in [2.75, 3.05) is 26.0 Å². The van der Waals surface area contributed by atoms with Crippen LogP contribution in [0.1, 0.15) is 32.1 Å². The van der Waals surface area contributed by atoms with Crippen molar-refractivity contribution in [1.82, 2.24) is 19.9 Å². The molecule has 0 unspecified atom stereocenters. The van der Waals surface area contributed by atoms with Gasteiger partial charge in [-0.3, -0.25) is 4.79 Å². The highest BCUT2D eigenvalue weighted by Gasteiger charge is 2.18. The summed E-state index contributed by atoms with van der Waals surface area (Å²) in [4.78, 5) is 30.5. The summed E-state index contributed by atoms with van der Waals surface area (Å²) in [6, 6.07) is 23.7. The largest absolute Gasteiger partial charge is 0.497 e. The number of carbonyl (C=O) groups is 1. The fraction of sp³-hybridized carbons (Fsp3) is 0.212. The molecular weight excluding hydrogens is 530 g/mol. The van der Waals surface area contributed by atoms with Crippen molar-refractivity contribution < 1.29 is 9.53 Å². The molecule has 1 aliphatic rings. The quantitative estimate of drug-likeness (QED) is 0.210. The van der Waals surface area contributed by atoms with Crippen LogP contribution in [0.25, 0.3) is 21.8 Å². The topological polar surface area (TPSA) is 80.2 Å². The first-order valence-electron chi connectivity index (χ1n) is 13.6. The molecule has 0 saturated heterocycles. The summed E-state index contributed by atoms with van der Waals surface area (Å²) in [6.07, 6.45) is 3.14. The SMILES string of the molecule is COc1cccc(C(=O)Cc2cccc(-c3nc(C)sc3-c3ccnc(Nc4ccc5c(c4)CN(C)CC5)n3)c2)c1. The smallest absolute Gasteiger partial charge is 0.227 e. The molecule has 0 spiro atoms. The monoisotopic (exact) mass is 561 g/mol. The summed E-state index contributed by atoms with van der Waals surface area (Å²) >= 11 is 1.60. The number of nitrogens with zero attached hydrogens (tertiary/aromatic N) is 4. The van der Waals surface area contributed by atoms with Crippen molar-refractivity contribution in [3.63, 3.8) is 0 Å². The molecule has 2 aromatic heterocycles. The lowest BCUT2D eigenvalue weighted by Crippen LogP contribution is -2.26. The van der Waals surface area contributed by atoms with Gasteiger partial charge in [0.2, 0.25) is 5.95 Å². The van der Waals surface area contributed by atoms with Gasteiger partial charge in [0.05, 0.1) is 28.4 Å². The molecule has 3 heterocycles. The highest BCUT2D eigenvalue weighted by molar-refractivity contribution is 7.15. The molecule has 41 heavy (non-hydrogen) atoms. The predicted octanol–water partition coefficient (Wildman–Crippen LogP) is 6.74. The maximum absolute atomic E-state index is 13.0. The molecule has 0 radical (unpaired) electrons. The summed E-state index contributed by atoms with van der Waals surface area (Å²) in [5, 5.41) is 4.34. The molecule has 206 valence electrons. The van der Waals surface area contributed by atoms with Gasteiger partial charge in [-0.2, -0.15) is 0 Å². The number of thiazole rings is 1. The lowest BCUT2D eigenvalue weighted by molar-refractivity contribution is 0.0992. The molecule has 6 rings (SSSR count). The molecule has 3 aromatic carbocycles. The van der Waals surface area contributed by atoms with Gasteiger partial charge in [0.15, 0.2) is 5.78 Å². The second kappa shape index (κ2) is 11.6. The number of rotatable bonds is 8. The normalized spacial score (nSPS) is 13.0. The van der Waals surface area contributed by atoms with E-state index in [0.717, 1.165) is 57.6 Å². The summed E-state index contributed by atoms with van der Waals surface area (Å²) in [5.74, 6) is 1.25. The fourth-order valence-corrected chi connectivity index (χ4v) is 6.07. The molecule has 0 saturated carbocycles. The minimum absolute atomic E-state index is 0.0380. The fourth-order valence-electron chi connectivity index (χ4n) is 5.16. The van der Waals surface area contributed by atoms with Gasteiger partial charge in [-0.15, -0.1) is 11.3 Å². The zero-order valence-corrected chi connectivity index (χ0v) is 24.2. The first-order valence-corrected chi connectivity index (χ1v) is 14.4. The van der Waals surface area contributed by atoms with Crippen LogP contribution in [0.5, 0.6) is 5.75 Å². The summed E-state index contributed by atoms with van der Waals surface area (Å²) in [5.41, 5.74) is 7.88. The highest BCUT2D eigenvalue weighted by atomic mass is 32.1. The zero-order valence-electron chi connectivity index (χ0n) is 23.3. The van der Waals surface area contributed by atoms with Gasteiger partial charge in [-0.25, -0.2) is 15.0 Å². The number of ketones is 1. The molecular formula is C33H31N5O2S. The Morgan fingerprint density at radius 3 is 2.78 bits per heavy atom. The summed E-state index contributed by atoms with van der Waals surface area (Å²) in [6.45, 7) is 4.03. The van der Waals surface area contributed by atoms with Gasteiger partial charge in [0.25, 0.3) is 0 Å². The molecule has 0 fully saturated rings. The molecule has 0 bridgehead atoms. The first-order chi connectivity index (χ1) is 19.9. The lowest BCUT2D eigenvalue weighted by atomic mass is 9.99. The molecule has 5 aromatic rings. The van der Waals surface area contributed by atoms with Gasteiger partial charge in [0.1, 0.15) is 5.75 Å². The Morgan fingerprint density at radius 1 is 1.02 bits per heavy atom. The second-order valence-electron chi connectivity index (χ2n) is 10.3. The third-order valence-corrected chi connectivity index (χ3v) is 8.24. The van der Waals surface area contributed by atoms with Crippen molar-refractivity contribution in [2.24, 2.45) is 0 Å². The van der Waals surface area contributed by atoms with E-state index >= 15 is 0 Å². The standard InChI is InChI=1S/C33H31N5O2S/c1-21-35-31(25-8-4-6-22(16-25)17-30(39)24-7-5-9-28(19-24)40-3)32(41-21)29-12-14-34-33(37-29)36-27-11-10-23-13-15-38(2)20-26(23)18-27/h4-12,14,16,18-19H,13,15,17,20H2,1-3H3,(H,34,36,37). The Morgan fingerprint density at radius 2 is 1.90 bits per heavy atom. The molecule has 7 nitrogen and oxygen atoms in total. The maximum atomic E-state index is 13.0. The number of likely N-dealkylation sites (N-methyl/N-ethyl adjacent to an activating group) is 1. The van der Waals surface area contributed by atoms with Crippen LogP contribution in [-0.4, -0.2) is 46.3 Å². The number of hydrogen-bond donors (Lipinski definition) is 1. The highest BCUT2D eigenvalue weighted by Crippen LogP contribution is 2.36. The summed E-state index contributed by atoms with van der Waals surface area (Å²) < 4.78 is 5.28. The van der Waals surface area contributed by atoms with Crippen LogP contribution in [0.15, 0.2) is 79.0 Å². The molecule has 0 aliphatic carbocycles. The molecule has 1 N–H and O–H groups in total. The second-order valence-corrected chi connectivity index (χ2v) is 11.5. The van der Waals surface area contributed by atoms with E-state index in [4.69, 9.17) is 14.7 Å². The van der Waals surface area contributed by atoms with E-state index in [-0.39, 0.29) is 12.2 Å². The van der Waals surface area contributed by atoms with Crippen molar-refractivity contribution in [3.05, 3.63) is 106 Å². The van der Waals surface area contributed by atoms with Crippen LogP contribution in [0.2, 0.25) is 0 Å². The zero-order chi connectivity index (χ0) is 28.3. The third-order valence-electron chi connectivity index (χ3n) is 7.24. The average Bonchev–Trinajstić information content (AvgIpc) is 3.39. The van der Waals surface area contributed by atoms with Crippen LogP contribution in [-0.2, 0) is 19.4 Å². The van der Waals surface area contributed by atoms with Crippen molar-refractivity contribution in [1.29, 1.82) is 0 Å². The Hall–Kier alpha value is -4.40. The number of anilines is 2. The molecule has 1 aliphatic heterocycles. The number of ether oxygens (including phenoxy) is 1. The molecule has 8 heteroatoms. The van der Waals surface area contributed by atoms with E-state index in [1.807, 2.05) is 55.5 Å². The average molecular weight is 562 g/mol.